The van der Waals surface area contributed by atoms with Crippen molar-refractivity contribution in [3.63, 3.8) is 0 Å². The van der Waals surface area contributed by atoms with Crippen LogP contribution < -0.4 is 10.1 Å². The summed E-state index contributed by atoms with van der Waals surface area (Å²) in [6.45, 7) is 1.71. The molecule has 0 bridgehead atoms. The van der Waals surface area contributed by atoms with Gasteiger partial charge in [0.1, 0.15) is 5.75 Å². The number of nitrogens with zero attached hydrogens (tertiary/aromatic N) is 3. The van der Waals surface area contributed by atoms with Crippen molar-refractivity contribution in [3.05, 3.63) is 47.8 Å². The van der Waals surface area contributed by atoms with E-state index < -0.39 is 0 Å². The van der Waals surface area contributed by atoms with Crippen LogP contribution in [0.1, 0.15) is 24.0 Å². The van der Waals surface area contributed by atoms with E-state index in [2.05, 4.69) is 10.4 Å². The molecule has 0 spiro atoms. The van der Waals surface area contributed by atoms with E-state index in [1.165, 1.54) is 0 Å². The number of carbonyl (C=O) groups excluding carboxylic acids is 2. The van der Waals surface area contributed by atoms with E-state index >= 15 is 0 Å². The zero-order chi connectivity index (χ0) is 19.9. The lowest BCUT2D eigenvalue weighted by Gasteiger charge is -2.32. The lowest BCUT2D eigenvalue weighted by molar-refractivity contribution is -0.138. The molecule has 1 aliphatic rings. The van der Waals surface area contributed by atoms with Crippen molar-refractivity contribution in [2.45, 2.75) is 25.7 Å². The molecule has 2 aromatic rings. The number of nitrogens with one attached hydrogen (secondary N) is 1. The minimum Gasteiger partial charge on any atom is -0.497 e. The molecular weight excluding hydrogens is 356 g/mol. The largest absolute Gasteiger partial charge is 0.497 e. The van der Waals surface area contributed by atoms with Crippen LogP contribution in [0.15, 0.2) is 36.7 Å². The van der Waals surface area contributed by atoms with Gasteiger partial charge < -0.3 is 15.0 Å². The van der Waals surface area contributed by atoms with Gasteiger partial charge in [-0.3, -0.25) is 14.3 Å². The van der Waals surface area contributed by atoms with Gasteiger partial charge in [0.25, 0.3) is 0 Å². The zero-order valence-corrected chi connectivity index (χ0v) is 16.6. The Hall–Kier alpha value is -2.83. The van der Waals surface area contributed by atoms with E-state index in [-0.39, 0.29) is 17.7 Å². The minimum atomic E-state index is -0.137. The first-order valence-electron chi connectivity index (χ1n) is 9.71. The van der Waals surface area contributed by atoms with Gasteiger partial charge in [-0.1, -0.05) is 12.1 Å². The number of methoxy groups -OCH3 is 1. The normalized spacial score (nSPS) is 16.9. The first kappa shape index (κ1) is 19.9. The molecule has 2 heterocycles. The minimum absolute atomic E-state index is 0.0332. The number of hydrogen-bond acceptors (Lipinski definition) is 4. The molecule has 0 radical (unpaired) electrons. The van der Waals surface area contributed by atoms with E-state index in [0.717, 1.165) is 29.7 Å². The number of benzene rings is 1. The number of aromatic nitrogens is 2. The van der Waals surface area contributed by atoms with Crippen molar-refractivity contribution in [2.24, 2.45) is 13.0 Å². The first-order valence-corrected chi connectivity index (χ1v) is 9.71. The second kappa shape index (κ2) is 9.39. The molecule has 2 amide bonds. The molecule has 1 fully saturated rings. The van der Waals surface area contributed by atoms with Crippen molar-refractivity contribution < 1.29 is 14.3 Å². The van der Waals surface area contributed by atoms with Crippen LogP contribution in [-0.4, -0.2) is 53.2 Å². The third-order valence-electron chi connectivity index (χ3n) is 5.17. The quantitative estimate of drug-likeness (QED) is 0.750. The molecule has 1 saturated heterocycles. The van der Waals surface area contributed by atoms with Crippen LogP contribution >= 0.6 is 0 Å². The fourth-order valence-electron chi connectivity index (χ4n) is 3.48. The molecule has 28 heavy (non-hydrogen) atoms. The second-order valence-electron chi connectivity index (χ2n) is 7.24. The van der Waals surface area contributed by atoms with Gasteiger partial charge in [0.15, 0.2) is 0 Å². The Morgan fingerprint density at radius 2 is 2.04 bits per heavy atom. The molecule has 1 atom stereocenters. The van der Waals surface area contributed by atoms with Gasteiger partial charge in [-0.2, -0.15) is 5.10 Å². The fraction of sp³-hybridized carbons (Fsp3) is 0.476. The molecule has 1 aliphatic heterocycles. The smallest absolute Gasteiger partial charge is 0.224 e. The molecule has 7 heteroatoms. The average Bonchev–Trinajstić information content (AvgIpc) is 3.12. The predicted octanol–water partition coefficient (Wildman–Crippen LogP) is 1.57. The Morgan fingerprint density at radius 1 is 1.25 bits per heavy atom. The number of ether oxygens (including phenoxy) is 1. The summed E-state index contributed by atoms with van der Waals surface area (Å²) in [7, 11) is 3.52. The SMILES string of the molecule is COc1ccc(CCN2C[C@@H](C(=O)NCCc3cnn(C)c3)CCC2=O)cc1. The summed E-state index contributed by atoms with van der Waals surface area (Å²) >= 11 is 0. The highest BCUT2D eigenvalue weighted by Crippen LogP contribution is 2.19. The summed E-state index contributed by atoms with van der Waals surface area (Å²) in [6, 6.07) is 7.86. The van der Waals surface area contributed by atoms with Gasteiger partial charge >= 0.3 is 0 Å². The topological polar surface area (TPSA) is 76.5 Å². The van der Waals surface area contributed by atoms with Crippen LogP contribution in [0.3, 0.4) is 0 Å². The predicted molar refractivity (Wildman–Crippen MR) is 106 cm³/mol. The molecule has 1 aromatic heterocycles. The Kier molecular flexibility index (Phi) is 6.68. The van der Waals surface area contributed by atoms with Crippen LogP contribution in [-0.2, 0) is 29.5 Å². The summed E-state index contributed by atoms with van der Waals surface area (Å²) in [5.41, 5.74) is 2.25. The van der Waals surface area contributed by atoms with Crippen LogP contribution in [0.5, 0.6) is 5.75 Å². The van der Waals surface area contributed by atoms with Crippen molar-refractivity contribution in [2.75, 3.05) is 26.7 Å². The van der Waals surface area contributed by atoms with Gasteiger partial charge in [0.05, 0.1) is 19.2 Å². The van der Waals surface area contributed by atoms with Gasteiger partial charge in [-0.05, 0) is 42.5 Å². The van der Waals surface area contributed by atoms with Gasteiger partial charge in [0.2, 0.25) is 11.8 Å². The number of hydrogen-bond donors (Lipinski definition) is 1. The number of rotatable bonds is 8. The highest BCUT2D eigenvalue weighted by molar-refractivity contribution is 5.83. The molecule has 0 unspecified atom stereocenters. The number of likely N-dealkylation sites (tertiary alicyclic amines) is 1. The highest BCUT2D eigenvalue weighted by atomic mass is 16.5. The molecule has 7 nitrogen and oxygen atoms in total. The standard InChI is InChI=1S/C21H28N4O3/c1-24-14-17(13-23-24)9-11-22-21(27)18-5-8-20(26)25(15-18)12-10-16-3-6-19(28-2)7-4-16/h3-4,6-7,13-14,18H,5,8-12,15H2,1-2H3,(H,22,27)/t18-/m0/s1. The lowest BCUT2D eigenvalue weighted by atomic mass is 9.96. The second-order valence-corrected chi connectivity index (χ2v) is 7.24. The molecule has 0 aliphatic carbocycles. The fourth-order valence-corrected chi connectivity index (χ4v) is 3.48. The molecule has 1 N–H and O–H groups in total. The van der Waals surface area contributed by atoms with Crippen molar-refractivity contribution in [3.8, 4) is 5.75 Å². The monoisotopic (exact) mass is 384 g/mol. The Morgan fingerprint density at radius 3 is 2.71 bits per heavy atom. The summed E-state index contributed by atoms with van der Waals surface area (Å²) < 4.78 is 6.92. The van der Waals surface area contributed by atoms with Crippen LogP contribution in [0.2, 0.25) is 0 Å². The van der Waals surface area contributed by atoms with Gasteiger partial charge in [0, 0.05) is 39.3 Å². The summed E-state index contributed by atoms with van der Waals surface area (Å²) in [5.74, 6) is 0.849. The van der Waals surface area contributed by atoms with E-state index in [9.17, 15) is 9.59 Å². The third kappa shape index (κ3) is 5.34. The molecule has 3 rings (SSSR count). The zero-order valence-electron chi connectivity index (χ0n) is 16.6. The maximum atomic E-state index is 12.5. The van der Waals surface area contributed by atoms with E-state index in [4.69, 9.17) is 4.74 Å². The van der Waals surface area contributed by atoms with Crippen LogP contribution in [0, 0.1) is 5.92 Å². The number of carbonyl (C=O) groups is 2. The van der Waals surface area contributed by atoms with E-state index in [1.807, 2.05) is 48.6 Å². The van der Waals surface area contributed by atoms with E-state index in [1.54, 1.807) is 11.8 Å². The van der Waals surface area contributed by atoms with Crippen LogP contribution in [0.25, 0.3) is 0 Å². The van der Waals surface area contributed by atoms with Crippen molar-refractivity contribution in [1.29, 1.82) is 0 Å². The summed E-state index contributed by atoms with van der Waals surface area (Å²) in [6.07, 6.45) is 6.34. The Bertz CT molecular complexity index is 800. The van der Waals surface area contributed by atoms with Crippen molar-refractivity contribution in [1.82, 2.24) is 20.0 Å². The molecule has 0 saturated carbocycles. The third-order valence-corrected chi connectivity index (χ3v) is 5.17. The average molecular weight is 384 g/mol. The number of piperidine rings is 1. The summed E-state index contributed by atoms with van der Waals surface area (Å²) in [5, 5.41) is 7.13. The summed E-state index contributed by atoms with van der Waals surface area (Å²) in [4.78, 5) is 26.6. The first-order chi connectivity index (χ1) is 13.5. The maximum absolute atomic E-state index is 12.5. The molecule has 1 aromatic carbocycles. The van der Waals surface area contributed by atoms with Gasteiger partial charge in [-0.15, -0.1) is 0 Å². The Balaban J connectivity index is 1.45. The molecular formula is C21H28N4O3. The Labute approximate surface area is 165 Å². The van der Waals surface area contributed by atoms with Crippen LogP contribution in [0.4, 0.5) is 0 Å². The van der Waals surface area contributed by atoms with Gasteiger partial charge in [-0.25, -0.2) is 0 Å². The number of amides is 2. The van der Waals surface area contributed by atoms with E-state index in [0.29, 0.717) is 32.5 Å². The van der Waals surface area contributed by atoms with Crippen molar-refractivity contribution >= 4 is 11.8 Å². The maximum Gasteiger partial charge on any atom is 0.224 e. The number of aryl methyl sites for hydroxylation is 1. The highest BCUT2D eigenvalue weighted by Gasteiger charge is 2.29. The molecule has 150 valence electrons. The lowest BCUT2D eigenvalue weighted by Crippen LogP contribution is -2.46.